The van der Waals surface area contributed by atoms with E-state index in [4.69, 9.17) is 0 Å². The molecule has 0 aliphatic carbocycles. The summed E-state index contributed by atoms with van der Waals surface area (Å²) >= 11 is 0. The van der Waals surface area contributed by atoms with Gasteiger partial charge in [-0.05, 0) is 100 Å². The van der Waals surface area contributed by atoms with Crippen molar-refractivity contribution >= 4 is 34.1 Å². The molecule has 0 saturated carbocycles. The first-order chi connectivity index (χ1) is 17.5. The molecule has 0 atom stereocenters. The molecule has 186 valence electrons. The van der Waals surface area contributed by atoms with Gasteiger partial charge in [0, 0.05) is 34.1 Å². The molecule has 5 aromatic rings. The fourth-order valence-corrected chi connectivity index (χ4v) is 4.42. The normalized spacial score (nSPS) is 10.5. The van der Waals surface area contributed by atoms with E-state index in [-0.39, 0.29) is 7.43 Å². The zero-order chi connectivity index (χ0) is 25.1. The van der Waals surface area contributed by atoms with Crippen LogP contribution in [0.4, 0.5) is 34.1 Å². The van der Waals surface area contributed by atoms with Gasteiger partial charge in [-0.25, -0.2) is 0 Å². The third kappa shape index (κ3) is 5.76. The second kappa shape index (κ2) is 11.2. The smallest absolute Gasteiger partial charge is 0.0463 e. The summed E-state index contributed by atoms with van der Waals surface area (Å²) in [5.74, 6) is 0. The van der Waals surface area contributed by atoms with Crippen LogP contribution >= 0.6 is 0 Å². The molecule has 37 heavy (non-hydrogen) atoms. The van der Waals surface area contributed by atoms with E-state index < -0.39 is 0 Å². The van der Waals surface area contributed by atoms with Gasteiger partial charge in [-0.15, -0.1) is 0 Å². The minimum Gasteiger partial charge on any atom is -0.311 e. The molecule has 0 unspecified atom stereocenters. The van der Waals surface area contributed by atoms with Crippen LogP contribution in [-0.2, 0) is 0 Å². The zero-order valence-corrected chi connectivity index (χ0v) is 21.4. The SMILES string of the molecule is C.Cc1ccc(N(c2ccc(C)cc2)c2ccc(N(c3ccc(C)cc3)c3ccc(C)cc3)cc2)cc1. The molecule has 5 rings (SSSR count). The van der Waals surface area contributed by atoms with Crippen molar-refractivity contribution in [3.8, 4) is 0 Å². The van der Waals surface area contributed by atoms with Gasteiger partial charge in [0.05, 0.1) is 0 Å². The molecule has 0 amide bonds. The third-order valence-corrected chi connectivity index (χ3v) is 6.53. The van der Waals surface area contributed by atoms with Crippen molar-refractivity contribution < 1.29 is 0 Å². The van der Waals surface area contributed by atoms with Gasteiger partial charge < -0.3 is 9.80 Å². The quantitative estimate of drug-likeness (QED) is 0.236. The van der Waals surface area contributed by atoms with Crippen molar-refractivity contribution in [3.05, 3.63) is 144 Å². The second-order valence-electron chi connectivity index (χ2n) is 9.53. The van der Waals surface area contributed by atoms with E-state index in [1.54, 1.807) is 0 Å². The molecule has 0 fully saturated rings. The van der Waals surface area contributed by atoms with Crippen molar-refractivity contribution in [2.75, 3.05) is 9.80 Å². The highest BCUT2D eigenvalue weighted by Gasteiger charge is 2.16. The molecular formula is C35H36N2. The maximum Gasteiger partial charge on any atom is 0.0463 e. The molecule has 0 heterocycles. The highest BCUT2D eigenvalue weighted by molar-refractivity contribution is 5.81. The van der Waals surface area contributed by atoms with Crippen LogP contribution in [0.2, 0.25) is 0 Å². The Morgan fingerprint density at radius 3 is 0.568 bits per heavy atom. The Bertz CT molecular complexity index is 1210. The maximum atomic E-state index is 2.31. The highest BCUT2D eigenvalue weighted by atomic mass is 15.2. The van der Waals surface area contributed by atoms with Crippen molar-refractivity contribution in [2.45, 2.75) is 35.1 Å². The molecule has 0 aliphatic heterocycles. The van der Waals surface area contributed by atoms with Gasteiger partial charge in [-0.3, -0.25) is 0 Å². The van der Waals surface area contributed by atoms with Crippen molar-refractivity contribution in [2.24, 2.45) is 0 Å². The number of hydrogen-bond donors (Lipinski definition) is 0. The molecule has 2 heteroatoms. The molecule has 2 nitrogen and oxygen atoms in total. The number of aryl methyl sites for hydroxylation is 4. The summed E-state index contributed by atoms with van der Waals surface area (Å²) in [6, 6.07) is 43.7. The molecule has 0 radical (unpaired) electrons. The highest BCUT2D eigenvalue weighted by Crippen LogP contribution is 2.39. The van der Waals surface area contributed by atoms with Gasteiger partial charge in [-0.1, -0.05) is 78.2 Å². The van der Waals surface area contributed by atoms with E-state index in [1.165, 1.54) is 22.3 Å². The number of nitrogens with zero attached hydrogens (tertiary/aromatic N) is 2. The Morgan fingerprint density at radius 1 is 0.270 bits per heavy atom. The van der Waals surface area contributed by atoms with E-state index in [2.05, 4.69) is 159 Å². The number of benzene rings is 5. The Balaban J connectivity index is 0.00000320. The van der Waals surface area contributed by atoms with Crippen molar-refractivity contribution in [1.82, 2.24) is 0 Å². The summed E-state index contributed by atoms with van der Waals surface area (Å²) in [5, 5.41) is 0. The summed E-state index contributed by atoms with van der Waals surface area (Å²) in [7, 11) is 0. The Kier molecular flexibility index (Phi) is 7.79. The maximum absolute atomic E-state index is 2.31. The van der Waals surface area contributed by atoms with Crippen LogP contribution in [0.15, 0.2) is 121 Å². The van der Waals surface area contributed by atoms with Gasteiger partial charge in [-0.2, -0.15) is 0 Å². The van der Waals surface area contributed by atoms with Gasteiger partial charge in [0.15, 0.2) is 0 Å². The van der Waals surface area contributed by atoms with Crippen LogP contribution in [0.5, 0.6) is 0 Å². The standard InChI is InChI=1S/C34H32N2.CH4/c1-25-5-13-29(14-6-25)35(30-15-7-26(2)8-16-30)33-21-23-34(24-22-33)36(31-17-9-27(3)10-18-31)32-19-11-28(4)12-20-32;/h5-24H,1-4H3;1H4. The lowest BCUT2D eigenvalue weighted by Crippen LogP contribution is -2.12. The molecule has 0 saturated heterocycles. The van der Waals surface area contributed by atoms with E-state index in [0.717, 1.165) is 34.1 Å². The predicted molar refractivity (Wildman–Crippen MR) is 161 cm³/mol. The van der Waals surface area contributed by atoms with Crippen LogP contribution in [0.1, 0.15) is 29.7 Å². The van der Waals surface area contributed by atoms with Gasteiger partial charge in [0.1, 0.15) is 0 Å². The Morgan fingerprint density at radius 2 is 0.405 bits per heavy atom. The van der Waals surface area contributed by atoms with Crippen molar-refractivity contribution in [1.29, 1.82) is 0 Å². The van der Waals surface area contributed by atoms with E-state index in [0.29, 0.717) is 0 Å². The minimum absolute atomic E-state index is 0. The Labute approximate surface area is 222 Å². The lowest BCUT2D eigenvalue weighted by atomic mass is 10.1. The number of rotatable bonds is 6. The summed E-state index contributed by atoms with van der Waals surface area (Å²) in [6.45, 7) is 8.50. The van der Waals surface area contributed by atoms with E-state index in [9.17, 15) is 0 Å². The molecule has 0 bridgehead atoms. The summed E-state index contributed by atoms with van der Waals surface area (Å²) in [5.41, 5.74) is 11.8. The molecule has 0 aliphatic rings. The molecular weight excluding hydrogens is 448 g/mol. The first-order valence-electron chi connectivity index (χ1n) is 12.4. The zero-order valence-electron chi connectivity index (χ0n) is 21.4. The van der Waals surface area contributed by atoms with Crippen LogP contribution in [0.25, 0.3) is 0 Å². The monoisotopic (exact) mass is 484 g/mol. The molecule has 0 N–H and O–H groups in total. The number of anilines is 6. The summed E-state index contributed by atoms with van der Waals surface area (Å²) in [6.07, 6.45) is 0. The van der Waals surface area contributed by atoms with Gasteiger partial charge in [0.2, 0.25) is 0 Å². The first kappa shape index (κ1) is 25.8. The average Bonchev–Trinajstić information content (AvgIpc) is 2.90. The van der Waals surface area contributed by atoms with Gasteiger partial charge in [0.25, 0.3) is 0 Å². The molecule has 0 aromatic heterocycles. The van der Waals surface area contributed by atoms with E-state index >= 15 is 0 Å². The van der Waals surface area contributed by atoms with E-state index in [1.807, 2.05) is 0 Å². The second-order valence-corrected chi connectivity index (χ2v) is 9.53. The van der Waals surface area contributed by atoms with Crippen LogP contribution in [0.3, 0.4) is 0 Å². The Hall–Kier alpha value is -4.30. The predicted octanol–water partition coefficient (Wildman–Crippen LogP) is 10.5. The summed E-state index contributed by atoms with van der Waals surface area (Å²) in [4.78, 5) is 4.62. The molecule has 0 spiro atoms. The lowest BCUT2D eigenvalue weighted by Gasteiger charge is -2.28. The number of hydrogen-bond acceptors (Lipinski definition) is 2. The van der Waals surface area contributed by atoms with Gasteiger partial charge >= 0.3 is 0 Å². The molecule has 5 aromatic carbocycles. The third-order valence-electron chi connectivity index (χ3n) is 6.53. The minimum atomic E-state index is 0. The van der Waals surface area contributed by atoms with Crippen LogP contribution in [-0.4, -0.2) is 0 Å². The largest absolute Gasteiger partial charge is 0.311 e. The topological polar surface area (TPSA) is 6.48 Å². The van der Waals surface area contributed by atoms with Crippen LogP contribution in [0, 0.1) is 27.7 Å². The fourth-order valence-electron chi connectivity index (χ4n) is 4.42. The van der Waals surface area contributed by atoms with Crippen molar-refractivity contribution in [3.63, 3.8) is 0 Å². The van der Waals surface area contributed by atoms with Crippen LogP contribution < -0.4 is 9.80 Å². The first-order valence-corrected chi connectivity index (χ1v) is 12.4. The lowest BCUT2D eigenvalue weighted by molar-refractivity contribution is 1.24. The summed E-state index contributed by atoms with van der Waals surface area (Å²) < 4.78 is 0. The fraction of sp³-hybridized carbons (Fsp3) is 0.143. The average molecular weight is 485 g/mol.